The van der Waals surface area contributed by atoms with Gasteiger partial charge in [0.05, 0.1) is 0 Å². The summed E-state index contributed by atoms with van der Waals surface area (Å²) in [6.45, 7) is 12.0. The molecular weight excluding hydrogens is 388 g/mol. The Morgan fingerprint density at radius 2 is 1.66 bits per heavy atom. The Kier molecular flexibility index (Phi) is 7.79. The van der Waals surface area contributed by atoms with Crippen molar-refractivity contribution in [1.82, 2.24) is 10.2 Å². The molecule has 1 saturated heterocycles. The summed E-state index contributed by atoms with van der Waals surface area (Å²) in [5.41, 5.74) is 7.53. The number of likely N-dealkylation sites (tertiary alicyclic amines) is 1. The Labute approximate surface area is 194 Å². The van der Waals surface area contributed by atoms with Crippen molar-refractivity contribution in [2.24, 2.45) is 0 Å². The number of nitrogens with one attached hydrogen (secondary N) is 1. The summed E-state index contributed by atoms with van der Waals surface area (Å²) in [5, 5.41) is 3.70. The van der Waals surface area contributed by atoms with Gasteiger partial charge in [-0.3, -0.25) is 4.90 Å². The van der Waals surface area contributed by atoms with Gasteiger partial charge in [0.2, 0.25) is 0 Å². The van der Waals surface area contributed by atoms with Crippen molar-refractivity contribution in [3.8, 4) is 0 Å². The van der Waals surface area contributed by atoms with Crippen molar-refractivity contribution in [1.29, 1.82) is 0 Å². The monoisotopic (exact) mass is 424 g/mol. The lowest BCUT2D eigenvalue weighted by atomic mass is 9.94. The highest BCUT2D eigenvalue weighted by atomic mass is 15.1. The van der Waals surface area contributed by atoms with Crippen LogP contribution < -0.4 is 5.32 Å². The molecular formula is C30H36N2. The fraction of sp³-hybridized carbons (Fsp3) is 0.333. The van der Waals surface area contributed by atoms with Crippen LogP contribution in [-0.4, -0.2) is 24.0 Å². The number of hydrogen-bond acceptors (Lipinski definition) is 2. The van der Waals surface area contributed by atoms with Gasteiger partial charge in [-0.15, -0.1) is 0 Å². The molecule has 2 aromatic carbocycles. The number of piperidine rings is 1. The van der Waals surface area contributed by atoms with E-state index in [0.29, 0.717) is 6.04 Å². The van der Waals surface area contributed by atoms with Crippen LogP contribution in [0.4, 0.5) is 0 Å². The first-order valence-electron chi connectivity index (χ1n) is 12.0. The molecule has 0 atom stereocenters. The van der Waals surface area contributed by atoms with Gasteiger partial charge in [0.15, 0.2) is 0 Å². The molecule has 0 spiro atoms. The zero-order valence-corrected chi connectivity index (χ0v) is 19.2. The Balaban J connectivity index is 1.18. The maximum Gasteiger partial charge on any atom is 0.0282 e. The molecule has 2 aromatic rings. The van der Waals surface area contributed by atoms with Gasteiger partial charge in [-0.25, -0.2) is 0 Å². The molecule has 32 heavy (non-hydrogen) atoms. The average molecular weight is 425 g/mol. The minimum atomic E-state index is 0.553. The van der Waals surface area contributed by atoms with E-state index in [1.165, 1.54) is 35.1 Å². The van der Waals surface area contributed by atoms with Crippen LogP contribution in [0.3, 0.4) is 0 Å². The lowest BCUT2D eigenvalue weighted by Gasteiger charge is -2.33. The normalized spacial score (nSPS) is 17.1. The van der Waals surface area contributed by atoms with E-state index in [1.807, 2.05) is 0 Å². The predicted octanol–water partition coefficient (Wildman–Crippen LogP) is 6.68. The topological polar surface area (TPSA) is 15.3 Å². The van der Waals surface area contributed by atoms with E-state index in [2.05, 4.69) is 96.2 Å². The van der Waals surface area contributed by atoms with Gasteiger partial charge >= 0.3 is 0 Å². The molecule has 166 valence electrons. The summed E-state index contributed by atoms with van der Waals surface area (Å²) in [6, 6.07) is 20.2. The summed E-state index contributed by atoms with van der Waals surface area (Å²) >= 11 is 0. The van der Waals surface area contributed by atoms with Gasteiger partial charge in [-0.05, 0) is 66.4 Å². The molecule has 1 heterocycles. The summed E-state index contributed by atoms with van der Waals surface area (Å²) in [6.07, 6.45) is 13.4. The molecule has 0 unspecified atom stereocenters. The largest absolute Gasteiger partial charge is 0.386 e. The minimum absolute atomic E-state index is 0.553. The van der Waals surface area contributed by atoms with E-state index in [1.54, 1.807) is 0 Å². The van der Waals surface area contributed by atoms with Crippen molar-refractivity contribution in [3.63, 3.8) is 0 Å². The highest BCUT2D eigenvalue weighted by Crippen LogP contribution is 2.26. The van der Waals surface area contributed by atoms with Crippen LogP contribution in [0.15, 0.2) is 97.3 Å². The van der Waals surface area contributed by atoms with Gasteiger partial charge in [-0.2, -0.15) is 0 Å². The molecule has 0 amide bonds. The number of rotatable bonds is 9. The first-order valence-corrected chi connectivity index (χ1v) is 12.0. The molecule has 0 aromatic heterocycles. The highest BCUT2D eigenvalue weighted by Gasteiger charge is 2.19. The molecule has 0 saturated carbocycles. The highest BCUT2D eigenvalue weighted by molar-refractivity contribution is 5.80. The molecule has 4 rings (SSSR count). The van der Waals surface area contributed by atoms with Gasteiger partial charge in [0.1, 0.15) is 0 Å². The maximum atomic E-state index is 4.30. The third-order valence-corrected chi connectivity index (χ3v) is 6.61. The van der Waals surface area contributed by atoms with Crippen LogP contribution in [-0.2, 0) is 13.0 Å². The van der Waals surface area contributed by atoms with Crippen LogP contribution >= 0.6 is 0 Å². The standard InChI is InChI=1S/C30H36N2/c1-24(31-30-19-21-32(22-20-30)23-27-9-5-3-6-10-27)13-14-26-15-17-29(18-16-26)25(2)28-11-7-4-8-12-28/h3,5-7,9-12,15-18,30-31H,1-2,4,8,13-14,19-23H2. The second-order valence-corrected chi connectivity index (χ2v) is 9.10. The number of aryl methyl sites for hydroxylation is 1. The fourth-order valence-electron chi connectivity index (χ4n) is 4.61. The van der Waals surface area contributed by atoms with Gasteiger partial charge in [0, 0.05) is 31.4 Å². The smallest absolute Gasteiger partial charge is 0.0282 e. The molecule has 2 heteroatoms. The predicted molar refractivity (Wildman–Crippen MR) is 137 cm³/mol. The second kappa shape index (κ2) is 11.2. The summed E-state index contributed by atoms with van der Waals surface area (Å²) in [4.78, 5) is 2.56. The second-order valence-electron chi connectivity index (χ2n) is 9.10. The third-order valence-electron chi connectivity index (χ3n) is 6.61. The maximum absolute atomic E-state index is 4.30. The molecule has 1 aliphatic carbocycles. The molecule has 1 aliphatic heterocycles. The zero-order valence-electron chi connectivity index (χ0n) is 19.2. The number of benzene rings is 2. The van der Waals surface area contributed by atoms with E-state index < -0.39 is 0 Å². The quantitative estimate of drug-likeness (QED) is 0.483. The van der Waals surface area contributed by atoms with E-state index in [9.17, 15) is 0 Å². The fourth-order valence-corrected chi connectivity index (χ4v) is 4.61. The van der Waals surface area contributed by atoms with Crippen LogP contribution in [0.2, 0.25) is 0 Å². The molecule has 0 radical (unpaired) electrons. The Morgan fingerprint density at radius 1 is 0.906 bits per heavy atom. The molecule has 1 fully saturated rings. The molecule has 2 aliphatic rings. The van der Waals surface area contributed by atoms with Crippen molar-refractivity contribution >= 4 is 5.57 Å². The van der Waals surface area contributed by atoms with E-state index >= 15 is 0 Å². The first-order chi connectivity index (χ1) is 15.7. The van der Waals surface area contributed by atoms with E-state index in [4.69, 9.17) is 0 Å². The SMILES string of the molecule is C=C(CCc1ccc(C(=C)C2=CCCC=C2)cc1)NC1CCN(Cc2ccccc2)CC1. The van der Waals surface area contributed by atoms with Gasteiger partial charge in [0.25, 0.3) is 0 Å². The minimum Gasteiger partial charge on any atom is -0.386 e. The van der Waals surface area contributed by atoms with Crippen molar-refractivity contribution < 1.29 is 0 Å². The number of nitrogens with zero attached hydrogens (tertiary/aromatic N) is 1. The molecule has 0 bridgehead atoms. The van der Waals surface area contributed by atoms with Gasteiger partial charge < -0.3 is 5.32 Å². The third kappa shape index (κ3) is 6.34. The first kappa shape index (κ1) is 22.4. The molecule has 2 nitrogen and oxygen atoms in total. The van der Waals surface area contributed by atoms with E-state index in [0.717, 1.165) is 56.6 Å². The van der Waals surface area contributed by atoms with Crippen molar-refractivity contribution in [3.05, 3.63) is 114 Å². The lowest BCUT2D eigenvalue weighted by molar-refractivity contribution is 0.195. The van der Waals surface area contributed by atoms with Crippen LogP contribution in [0.25, 0.3) is 5.57 Å². The van der Waals surface area contributed by atoms with Crippen molar-refractivity contribution in [2.45, 2.75) is 51.1 Å². The zero-order chi connectivity index (χ0) is 22.2. The van der Waals surface area contributed by atoms with E-state index in [-0.39, 0.29) is 0 Å². The van der Waals surface area contributed by atoms with Gasteiger partial charge in [-0.1, -0.05) is 86.0 Å². The average Bonchev–Trinajstić information content (AvgIpc) is 2.85. The summed E-state index contributed by atoms with van der Waals surface area (Å²) in [7, 11) is 0. The van der Waals surface area contributed by atoms with Crippen LogP contribution in [0.5, 0.6) is 0 Å². The molecule has 1 N–H and O–H groups in total. The number of allylic oxidation sites excluding steroid dienone is 6. The lowest BCUT2D eigenvalue weighted by Crippen LogP contribution is -2.41. The van der Waals surface area contributed by atoms with Crippen LogP contribution in [0, 0.1) is 0 Å². The Hall–Kier alpha value is -2.84. The summed E-state index contributed by atoms with van der Waals surface area (Å²) in [5.74, 6) is 0. The Bertz CT molecular complexity index is 958. The van der Waals surface area contributed by atoms with Crippen LogP contribution in [0.1, 0.15) is 48.8 Å². The number of hydrogen-bond donors (Lipinski definition) is 1. The summed E-state index contributed by atoms with van der Waals surface area (Å²) < 4.78 is 0. The Morgan fingerprint density at radius 3 is 2.34 bits per heavy atom. The van der Waals surface area contributed by atoms with Crippen molar-refractivity contribution in [2.75, 3.05) is 13.1 Å².